The highest BCUT2D eigenvalue weighted by Crippen LogP contribution is 2.30. The Bertz CT molecular complexity index is 379. The maximum Gasteiger partial charge on any atom is 0.330 e. The van der Waals surface area contributed by atoms with Crippen LogP contribution in [0.2, 0.25) is 0 Å². The molecule has 0 fully saturated rings. The van der Waals surface area contributed by atoms with Crippen LogP contribution in [-0.2, 0) is 16.1 Å². The highest BCUT2D eigenvalue weighted by Gasteiger charge is 2.08. The predicted octanol–water partition coefficient (Wildman–Crippen LogP) is 4.20. The molecule has 0 radical (unpaired) electrons. The third-order valence-corrected chi connectivity index (χ3v) is 3.50. The van der Waals surface area contributed by atoms with Crippen LogP contribution >= 0.6 is 47.8 Å². The Morgan fingerprint density at radius 1 is 1.33 bits per heavy atom. The first kappa shape index (κ1) is 12.9. The summed E-state index contributed by atoms with van der Waals surface area (Å²) in [4.78, 5) is 10.9. The molecule has 2 nitrogen and oxygen atoms in total. The van der Waals surface area contributed by atoms with Crippen molar-refractivity contribution in [2.45, 2.75) is 6.61 Å². The number of hydrogen-bond acceptors (Lipinski definition) is 2. The number of rotatable bonds is 3. The summed E-state index contributed by atoms with van der Waals surface area (Å²) in [5.74, 6) is -0.434. The molecule has 0 spiro atoms. The van der Waals surface area contributed by atoms with E-state index in [9.17, 15) is 4.79 Å². The van der Waals surface area contributed by atoms with Crippen LogP contribution in [0, 0.1) is 0 Å². The van der Waals surface area contributed by atoms with E-state index in [4.69, 9.17) is 4.74 Å². The van der Waals surface area contributed by atoms with Crippen LogP contribution in [0.3, 0.4) is 0 Å². The van der Waals surface area contributed by atoms with Gasteiger partial charge in [-0.15, -0.1) is 0 Å². The smallest absolute Gasteiger partial charge is 0.330 e. The molecule has 1 aromatic rings. The van der Waals surface area contributed by atoms with Gasteiger partial charge < -0.3 is 4.74 Å². The number of halogens is 3. The van der Waals surface area contributed by atoms with E-state index in [-0.39, 0.29) is 6.61 Å². The van der Waals surface area contributed by atoms with Crippen molar-refractivity contribution >= 4 is 53.8 Å². The number of benzene rings is 1. The van der Waals surface area contributed by atoms with Crippen molar-refractivity contribution in [3.63, 3.8) is 0 Å². The molecular formula is C10H7Br3O2. The highest BCUT2D eigenvalue weighted by molar-refractivity contribution is 9.11. The van der Waals surface area contributed by atoms with Crippen molar-refractivity contribution in [1.82, 2.24) is 0 Å². The van der Waals surface area contributed by atoms with Gasteiger partial charge in [-0.1, -0.05) is 54.4 Å². The third-order valence-electron chi connectivity index (χ3n) is 1.63. The zero-order valence-corrected chi connectivity index (χ0v) is 12.4. The number of carbonyl (C=O) groups excluding carboxylic acids is 1. The topological polar surface area (TPSA) is 26.3 Å². The largest absolute Gasteiger partial charge is 0.458 e. The van der Waals surface area contributed by atoms with Gasteiger partial charge in [-0.25, -0.2) is 4.79 Å². The molecule has 0 bridgehead atoms. The lowest BCUT2D eigenvalue weighted by Crippen LogP contribution is -2.01. The molecule has 0 aromatic heterocycles. The predicted molar refractivity (Wildman–Crippen MR) is 69.5 cm³/mol. The van der Waals surface area contributed by atoms with Crippen LogP contribution in [-0.4, -0.2) is 5.97 Å². The molecule has 1 aromatic carbocycles. The fourth-order valence-electron chi connectivity index (χ4n) is 0.912. The van der Waals surface area contributed by atoms with Gasteiger partial charge in [0.2, 0.25) is 0 Å². The zero-order chi connectivity index (χ0) is 11.4. The monoisotopic (exact) mass is 396 g/mol. The Hall–Kier alpha value is -0.130. The second-order valence-electron chi connectivity index (χ2n) is 2.66. The second-order valence-corrected chi connectivity index (χ2v) is 5.28. The molecule has 0 aliphatic carbocycles. The van der Waals surface area contributed by atoms with Crippen LogP contribution in [0.4, 0.5) is 0 Å². The summed E-state index contributed by atoms with van der Waals surface area (Å²) in [6.07, 6.45) is 1.14. The molecule has 0 saturated carbocycles. The molecular weight excluding hydrogens is 392 g/mol. The lowest BCUT2D eigenvalue weighted by molar-refractivity contribution is -0.139. The average molecular weight is 399 g/mol. The summed E-state index contributed by atoms with van der Waals surface area (Å²) in [6, 6.07) is 3.78. The van der Waals surface area contributed by atoms with E-state index >= 15 is 0 Å². The fourth-order valence-corrected chi connectivity index (χ4v) is 3.40. The van der Waals surface area contributed by atoms with Crippen molar-refractivity contribution in [2.24, 2.45) is 0 Å². The van der Waals surface area contributed by atoms with Crippen LogP contribution < -0.4 is 0 Å². The minimum Gasteiger partial charge on any atom is -0.458 e. The Balaban J connectivity index is 2.85. The van der Waals surface area contributed by atoms with Gasteiger partial charge in [0.15, 0.2) is 0 Å². The van der Waals surface area contributed by atoms with Crippen molar-refractivity contribution < 1.29 is 9.53 Å². The minimum atomic E-state index is -0.434. The number of hydrogen-bond donors (Lipinski definition) is 0. The Morgan fingerprint density at radius 2 is 1.87 bits per heavy atom. The van der Waals surface area contributed by atoms with Gasteiger partial charge >= 0.3 is 5.97 Å². The van der Waals surface area contributed by atoms with Crippen molar-refractivity contribution in [3.05, 3.63) is 43.8 Å². The molecule has 0 heterocycles. The van der Waals surface area contributed by atoms with Gasteiger partial charge in [-0.3, -0.25) is 0 Å². The molecule has 0 amide bonds. The summed E-state index contributed by atoms with van der Waals surface area (Å²) < 4.78 is 7.64. The Labute approximate surface area is 113 Å². The molecule has 0 aliphatic heterocycles. The molecule has 0 unspecified atom stereocenters. The summed E-state index contributed by atoms with van der Waals surface area (Å²) in [7, 11) is 0. The van der Waals surface area contributed by atoms with Gasteiger partial charge in [0.25, 0.3) is 0 Å². The normalized spacial score (nSPS) is 9.80. The summed E-state index contributed by atoms with van der Waals surface area (Å²) in [5.41, 5.74) is 0.883. The number of carbonyl (C=O) groups is 1. The molecule has 1 rings (SSSR count). The van der Waals surface area contributed by atoms with Gasteiger partial charge in [0, 0.05) is 25.1 Å². The Kier molecular flexibility index (Phi) is 5.02. The Morgan fingerprint density at radius 3 is 2.33 bits per heavy atom. The fraction of sp³-hybridized carbons (Fsp3) is 0.100. The van der Waals surface area contributed by atoms with Crippen LogP contribution in [0.5, 0.6) is 0 Å². The van der Waals surface area contributed by atoms with Crippen molar-refractivity contribution in [3.8, 4) is 0 Å². The molecule has 0 aliphatic rings. The summed E-state index contributed by atoms with van der Waals surface area (Å²) in [6.45, 7) is 3.53. The quantitative estimate of drug-likeness (QED) is 0.563. The van der Waals surface area contributed by atoms with Gasteiger partial charge in [0.05, 0.1) is 0 Å². The SMILES string of the molecule is C=CC(=O)OCc1c(Br)cc(Br)cc1Br. The summed E-state index contributed by atoms with van der Waals surface area (Å²) >= 11 is 10.1. The van der Waals surface area contributed by atoms with Gasteiger partial charge in [0.1, 0.15) is 6.61 Å². The number of ether oxygens (including phenoxy) is 1. The van der Waals surface area contributed by atoms with Crippen LogP contribution in [0.25, 0.3) is 0 Å². The van der Waals surface area contributed by atoms with Gasteiger partial charge in [-0.05, 0) is 12.1 Å². The molecule has 15 heavy (non-hydrogen) atoms. The first-order valence-electron chi connectivity index (χ1n) is 3.97. The second kappa shape index (κ2) is 5.82. The maximum atomic E-state index is 10.9. The van der Waals surface area contributed by atoms with E-state index in [0.29, 0.717) is 0 Å². The van der Waals surface area contributed by atoms with E-state index in [1.807, 2.05) is 12.1 Å². The number of esters is 1. The molecule has 80 valence electrons. The van der Waals surface area contributed by atoms with E-state index in [1.165, 1.54) is 0 Å². The van der Waals surface area contributed by atoms with E-state index in [0.717, 1.165) is 25.1 Å². The minimum absolute atomic E-state index is 0.208. The van der Waals surface area contributed by atoms with Crippen LogP contribution in [0.1, 0.15) is 5.56 Å². The van der Waals surface area contributed by atoms with Gasteiger partial charge in [-0.2, -0.15) is 0 Å². The van der Waals surface area contributed by atoms with E-state index < -0.39 is 5.97 Å². The lowest BCUT2D eigenvalue weighted by atomic mass is 10.2. The maximum absolute atomic E-state index is 10.9. The molecule has 0 atom stereocenters. The lowest BCUT2D eigenvalue weighted by Gasteiger charge is -2.08. The van der Waals surface area contributed by atoms with Crippen LogP contribution in [0.15, 0.2) is 38.2 Å². The van der Waals surface area contributed by atoms with Crippen molar-refractivity contribution in [1.29, 1.82) is 0 Å². The van der Waals surface area contributed by atoms with E-state index in [1.54, 1.807) is 0 Å². The molecule has 5 heteroatoms. The standard InChI is InChI=1S/C10H7Br3O2/c1-2-10(14)15-5-7-8(12)3-6(11)4-9(7)13/h2-4H,1,5H2. The summed E-state index contributed by atoms with van der Waals surface area (Å²) in [5, 5.41) is 0. The molecule has 0 N–H and O–H groups in total. The van der Waals surface area contributed by atoms with Crippen molar-refractivity contribution in [2.75, 3.05) is 0 Å². The first-order chi connectivity index (χ1) is 7.04. The molecule has 0 saturated heterocycles. The zero-order valence-electron chi connectivity index (χ0n) is 7.60. The first-order valence-corrected chi connectivity index (χ1v) is 6.35. The third kappa shape index (κ3) is 3.74. The van der Waals surface area contributed by atoms with E-state index in [2.05, 4.69) is 54.4 Å². The average Bonchev–Trinajstić information content (AvgIpc) is 2.15. The highest BCUT2D eigenvalue weighted by atomic mass is 79.9.